The molecule has 0 unspecified atom stereocenters. The Morgan fingerprint density at radius 3 is 2.00 bits per heavy atom. The molecule has 0 aliphatic heterocycles. The summed E-state index contributed by atoms with van der Waals surface area (Å²) in [5.74, 6) is -0.505. The minimum absolute atomic E-state index is 0.245. The summed E-state index contributed by atoms with van der Waals surface area (Å²) in [7, 11) is 0. The summed E-state index contributed by atoms with van der Waals surface area (Å²) in [6, 6.07) is 18.7. The van der Waals surface area contributed by atoms with Gasteiger partial charge in [0.2, 0.25) is 0 Å². The van der Waals surface area contributed by atoms with Gasteiger partial charge in [0.25, 0.3) is 11.8 Å². The molecule has 6 nitrogen and oxygen atoms in total. The predicted molar refractivity (Wildman–Crippen MR) is 111 cm³/mol. The Bertz CT molecular complexity index is 1170. The molecular weight excluding hydrogens is 396 g/mol. The summed E-state index contributed by atoms with van der Waals surface area (Å²) in [5.41, 5.74) is 3.65. The van der Waals surface area contributed by atoms with E-state index in [2.05, 4.69) is 19.4 Å². The van der Waals surface area contributed by atoms with Gasteiger partial charge >= 0.3 is 0 Å². The summed E-state index contributed by atoms with van der Waals surface area (Å²) < 4.78 is 8.26. The fraction of sp³-hybridized carbons (Fsp3) is 0. The largest absolute Gasteiger partial charge is 0.322 e. The Balaban J connectivity index is 1.42. The number of benzene rings is 3. The Hall–Kier alpha value is -3.29. The van der Waals surface area contributed by atoms with Crippen molar-refractivity contribution >= 4 is 57.6 Å². The van der Waals surface area contributed by atoms with Gasteiger partial charge in [-0.2, -0.15) is 8.75 Å². The number of carbonyl (C=O) groups excluding carboxylic acids is 2. The molecule has 0 bridgehead atoms. The molecule has 2 N–H and O–H groups in total. The molecule has 138 valence electrons. The summed E-state index contributed by atoms with van der Waals surface area (Å²) >= 11 is 7.02. The van der Waals surface area contributed by atoms with Crippen LogP contribution >= 0.6 is 23.3 Å². The molecule has 4 aromatic rings. The standard InChI is InChI=1S/C20H13ClN4O2S/c21-14-3-1-2-12(10-14)19(26)22-15-5-7-16(8-6-15)23-20(27)13-4-9-17-18(11-13)25-28-24-17/h1-11H,(H,22,26)(H,23,27). The Labute approximate surface area is 169 Å². The van der Waals surface area contributed by atoms with Crippen LogP contribution in [0, 0.1) is 0 Å². The molecule has 3 aromatic carbocycles. The second-order valence-electron chi connectivity index (χ2n) is 5.96. The van der Waals surface area contributed by atoms with Crippen LogP contribution in [0.3, 0.4) is 0 Å². The molecule has 0 saturated carbocycles. The SMILES string of the molecule is O=C(Nc1ccc(NC(=O)c2ccc3nsnc3c2)cc1)c1cccc(Cl)c1. The maximum atomic E-state index is 12.4. The monoisotopic (exact) mass is 408 g/mol. The van der Waals surface area contributed by atoms with Crippen LogP contribution in [0.1, 0.15) is 20.7 Å². The van der Waals surface area contributed by atoms with Gasteiger partial charge in [-0.1, -0.05) is 17.7 Å². The van der Waals surface area contributed by atoms with Gasteiger partial charge in [-0.25, -0.2) is 0 Å². The van der Waals surface area contributed by atoms with E-state index < -0.39 is 0 Å². The lowest BCUT2D eigenvalue weighted by atomic mass is 10.1. The first-order valence-electron chi connectivity index (χ1n) is 8.29. The van der Waals surface area contributed by atoms with E-state index in [1.807, 2.05) is 0 Å². The number of aromatic nitrogens is 2. The van der Waals surface area contributed by atoms with Crippen molar-refractivity contribution < 1.29 is 9.59 Å². The van der Waals surface area contributed by atoms with Gasteiger partial charge in [-0.15, -0.1) is 0 Å². The van der Waals surface area contributed by atoms with Crippen molar-refractivity contribution in [1.82, 2.24) is 8.75 Å². The Morgan fingerprint density at radius 1 is 0.750 bits per heavy atom. The number of fused-ring (bicyclic) bond motifs is 1. The van der Waals surface area contributed by atoms with Crippen molar-refractivity contribution in [2.75, 3.05) is 10.6 Å². The zero-order valence-electron chi connectivity index (χ0n) is 14.3. The number of anilines is 2. The molecule has 0 radical (unpaired) electrons. The molecule has 2 amide bonds. The van der Waals surface area contributed by atoms with Crippen molar-refractivity contribution in [2.45, 2.75) is 0 Å². The summed E-state index contributed by atoms with van der Waals surface area (Å²) in [5, 5.41) is 6.11. The molecule has 0 atom stereocenters. The first-order chi connectivity index (χ1) is 13.6. The van der Waals surface area contributed by atoms with Crippen LogP contribution in [0.25, 0.3) is 11.0 Å². The van der Waals surface area contributed by atoms with Crippen molar-refractivity contribution in [3.63, 3.8) is 0 Å². The molecule has 28 heavy (non-hydrogen) atoms. The van der Waals surface area contributed by atoms with E-state index in [-0.39, 0.29) is 11.8 Å². The van der Waals surface area contributed by atoms with Crippen LogP contribution in [0.2, 0.25) is 5.02 Å². The van der Waals surface area contributed by atoms with Gasteiger partial charge in [-0.05, 0) is 60.7 Å². The van der Waals surface area contributed by atoms with Crippen molar-refractivity contribution in [3.8, 4) is 0 Å². The molecule has 0 spiro atoms. The third-order valence-electron chi connectivity index (χ3n) is 4.00. The second kappa shape index (κ2) is 7.75. The third kappa shape index (κ3) is 4.00. The Morgan fingerprint density at radius 2 is 1.36 bits per heavy atom. The topological polar surface area (TPSA) is 84.0 Å². The van der Waals surface area contributed by atoms with E-state index in [9.17, 15) is 9.59 Å². The van der Waals surface area contributed by atoms with Crippen LogP contribution in [0.5, 0.6) is 0 Å². The van der Waals surface area contributed by atoms with Gasteiger partial charge in [0.1, 0.15) is 11.0 Å². The zero-order chi connectivity index (χ0) is 19.5. The number of halogens is 1. The van der Waals surface area contributed by atoms with E-state index >= 15 is 0 Å². The smallest absolute Gasteiger partial charge is 0.255 e. The number of nitrogens with zero attached hydrogens (tertiary/aromatic N) is 2. The van der Waals surface area contributed by atoms with Gasteiger partial charge in [0.15, 0.2) is 0 Å². The highest BCUT2D eigenvalue weighted by atomic mass is 35.5. The molecule has 0 fully saturated rings. The molecule has 8 heteroatoms. The fourth-order valence-electron chi connectivity index (χ4n) is 2.60. The van der Waals surface area contributed by atoms with Gasteiger partial charge in [-0.3, -0.25) is 9.59 Å². The van der Waals surface area contributed by atoms with Crippen LogP contribution < -0.4 is 10.6 Å². The first-order valence-corrected chi connectivity index (χ1v) is 9.40. The maximum absolute atomic E-state index is 12.4. The molecule has 4 rings (SSSR count). The highest BCUT2D eigenvalue weighted by Crippen LogP contribution is 2.18. The van der Waals surface area contributed by atoms with Crippen molar-refractivity contribution in [2.24, 2.45) is 0 Å². The van der Waals surface area contributed by atoms with Gasteiger partial charge in [0, 0.05) is 27.5 Å². The lowest BCUT2D eigenvalue weighted by Gasteiger charge is -2.08. The lowest BCUT2D eigenvalue weighted by molar-refractivity contribution is 0.101. The van der Waals surface area contributed by atoms with E-state index in [0.717, 1.165) is 17.2 Å². The summed E-state index contributed by atoms with van der Waals surface area (Å²) in [6.45, 7) is 0. The van der Waals surface area contributed by atoms with Crippen LogP contribution in [0.15, 0.2) is 66.7 Å². The summed E-state index contributed by atoms with van der Waals surface area (Å²) in [4.78, 5) is 24.7. The first kappa shape index (κ1) is 18.1. The van der Waals surface area contributed by atoms with Crippen LogP contribution in [0.4, 0.5) is 11.4 Å². The van der Waals surface area contributed by atoms with Crippen LogP contribution in [-0.4, -0.2) is 20.6 Å². The minimum Gasteiger partial charge on any atom is -0.322 e. The second-order valence-corrected chi connectivity index (χ2v) is 6.93. The highest BCUT2D eigenvalue weighted by molar-refractivity contribution is 7.00. The number of hydrogen-bond acceptors (Lipinski definition) is 5. The van der Waals surface area contributed by atoms with Crippen molar-refractivity contribution in [1.29, 1.82) is 0 Å². The molecular formula is C20H13ClN4O2S. The number of amides is 2. The summed E-state index contributed by atoms with van der Waals surface area (Å²) in [6.07, 6.45) is 0. The third-order valence-corrected chi connectivity index (χ3v) is 4.80. The van der Waals surface area contributed by atoms with Gasteiger partial charge in [0.05, 0.1) is 11.7 Å². The van der Waals surface area contributed by atoms with Crippen LogP contribution in [-0.2, 0) is 0 Å². The number of rotatable bonds is 4. The average Bonchev–Trinajstić information content (AvgIpc) is 3.17. The molecule has 1 heterocycles. The van der Waals surface area contributed by atoms with E-state index in [4.69, 9.17) is 11.6 Å². The van der Waals surface area contributed by atoms with E-state index in [1.165, 1.54) is 0 Å². The number of nitrogens with one attached hydrogen (secondary N) is 2. The molecule has 0 saturated heterocycles. The van der Waals surface area contributed by atoms with Crippen molar-refractivity contribution in [3.05, 3.63) is 82.9 Å². The quantitative estimate of drug-likeness (QED) is 0.505. The molecule has 0 aliphatic rings. The normalized spacial score (nSPS) is 10.6. The zero-order valence-corrected chi connectivity index (χ0v) is 15.9. The Kier molecular flexibility index (Phi) is 5.01. The maximum Gasteiger partial charge on any atom is 0.255 e. The average molecular weight is 409 g/mol. The van der Waals surface area contributed by atoms with Gasteiger partial charge < -0.3 is 10.6 Å². The molecule has 1 aromatic heterocycles. The van der Waals surface area contributed by atoms with E-state index in [1.54, 1.807) is 66.7 Å². The fourth-order valence-corrected chi connectivity index (χ4v) is 3.30. The number of carbonyl (C=O) groups is 2. The predicted octanol–water partition coefficient (Wildman–Crippen LogP) is 4.85. The highest BCUT2D eigenvalue weighted by Gasteiger charge is 2.10. The van der Waals surface area contributed by atoms with E-state index in [0.29, 0.717) is 33.0 Å². The minimum atomic E-state index is -0.260. The molecule has 0 aliphatic carbocycles. The number of hydrogen-bond donors (Lipinski definition) is 2. The lowest BCUT2D eigenvalue weighted by Crippen LogP contribution is -2.13.